The molecule has 0 aliphatic rings. The van der Waals surface area contributed by atoms with Gasteiger partial charge in [0, 0.05) is 36.6 Å². The van der Waals surface area contributed by atoms with Crippen molar-refractivity contribution in [3.63, 3.8) is 0 Å². The van der Waals surface area contributed by atoms with Crippen LogP contribution in [0, 0.1) is 51.5 Å². The summed E-state index contributed by atoms with van der Waals surface area (Å²) >= 11 is 0. The number of aryl methyl sites for hydroxylation is 2. The van der Waals surface area contributed by atoms with E-state index in [0.29, 0.717) is 28.8 Å². The molecule has 0 saturated carbocycles. The van der Waals surface area contributed by atoms with Crippen LogP contribution in [0.3, 0.4) is 0 Å². The number of carbonyl (C=O) groups is 1. The third-order valence-corrected chi connectivity index (χ3v) is 4.88. The van der Waals surface area contributed by atoms with Gasteiger partial charge in [0.25, 0.3) is 5.09 Å². The van der Waals surface area contributed by atoms with Gasteiger partial charge in [0.1, 0.15) is 11.6 Å². The fraction of sp³-hybridized carbons (Fsp3) is 0.148. The van der Waals surface area contributed by atoms with Crippen molar-refractivity contribution in [2.75, 3.05) is 6.54 Å². The van der Waals surface area contributed by atoms with Gasteiger partial charge in [0.15, 0.2) is 5.78 Å². The Balaban J connectivity index is 0.000000644. The number of nitro benzene ring substituents is 1. The van der Waals surface area contributed by atoms with Gasteiger partial charge in [-0.15, -0.1) is 30.5 Å². The number of hydrogen-bond acceptors (Lipinski definition) is 14. The fourth-order valence-corrected chi connectivity index (χ4v) is 2.96. The van der Waals surface area contributed by atoms with Crippen molar-refractivity contribution < 1.29 is 59.5 Å². The van der Waals surface area contributed by atoms with Crippen LogP contribution >= 0.6 is 0 Å². The molecule has 19 nitrogen and oxygen atoms in total. The number of nitrogens with zero attached hydrogens (tertiary/aromatic N) is 6. The van der Waals surface area contributed by atoms with E-state index in [1.54, 1.807) is 26.0 Å². The lowest BCUT2D eigenvalue weighted by Crippen LogP contribution is -2.13. The fourth-order valence-electron chi connectivity index (χ4n) is 2.96. The molecule has 0 fully saturated rings. The molecule has 0 spiro atoms. The predicted molar refractivity (Wildman–Crippen MR) is 165 cm³/mol. The molecule has 5 aromatic rings. The van der Waals surface area contributed by atoms with E-state index in [1.807, 2.05) is 0 Å². The Kier molecular flexibility index (Phi) is 18.4. The maximum Gasteiger partial charge on any atom is 0.394 e. The Morgan fingerprint density at radius 3 is 1.54 bits per heavy atom. The van der Waals surface area contributed by atoms with Crippen molar-refractivity contribution in [3.8, 4) is 22.9 Å². The maximum absolute atomic E-state index is 13.0. The highest BCUT2D eigenvalue weighted by Gasteiger charge is 2.17. The van der Waals surface area contributed by atoms with Crippen molar-refractivity contribution in [3.05, 3.63) is 122 Å². The molecule has 0 atom stereocenters. The minimum atomic E-state index is -4.67. The first kappa shape index (κ1) is 43.8. The number of nitrogens with two attached hydrogens (primary N) is 1. The minimum Gasteiger partial charge on any atom is -0.421 e. The number of halogens is 3. The number of nitro groups is 1. The quantitative estimate of drug-likeness (QED) is 0.0810. The molecule has 5 N–H and O–H groups in total. The number of aromatic nitrogens is 4. The molecule has 0 aliphatic carbocycles. The first-order chi connectivity index (χ1) is 22.8. The van der Waals surface area contributed by atoms with Crippen LogP contribution in [-0.4, -0.2) is 65.5 Å². The van der Waals surface area contributed by atoms with Gasteiger partial charge >= 0.3 is 16.1 Å². The average Bonchev–Trinajstić information content (AvgIpc) is 3.65. The summed E-state index contributed by atoms with van der Waals surface area (Å²) in [6.45, 7) is 3.26. The third-order valence-electron chi connectivity index (χ3n) is 4.88. The SMILES string of the molecule is C.Cc1nnc(-c2ccc(F)c([N+](=O)[O-])c2)o1.Cc1nnc(-c2ccc(F)cc2)o1.NCC(=O)c1ccc(F)cc1.O=S(=O)(O)O.O=[N+]([O-])O. The summed E-state index contributed by atoms with van der Waals surface area (Å²) in [5.74, 6) is -0.326. The summed E-state index contributed by atoms with van der Waals surface area (Å²) in [7, 11) is -4.67. The van der Waals surface area contributed by atoms with Gasteiger partial charge in [-0.25, -0.2) is 8.78 Å². The maximum atomic E-state index is 13.0. The zero-order valence-electron chi connectivity index (χ0n) is 24.9. The van der Waals surface area contributed by atoms with E-state index in [4.69, 9.17) is 47.4 Å². The van der Waals surface area contributed by atoms with Gasteiger partial charge in [0.05, 0.1) is 11.5 Å². The molecule has 3 aromatic carbocycles. The molecule has 0 saturated heterocycles. The van der Waals surface area contributed by atoms with Crippen LogP contribution in [-0.2, 0) is 10.4 Å². The number of benzene rings is 3. The van der Waals surface area contributed by atoms with Gasteiger partial charge in [0.2, 0.25) is 29.4 Å². The van der Waals surface area contributed by atoms with E-state index in [9.17, 15) is 28.1 Å². The molecule has 0 unspecified atom stereocenters. The highest BCUT2D eigenvalue weighted by Crippen LogP contribution is 2.25. The van der Waals surface area contributed by atoms with Crippen molar-refractivity contribution in [2.24, 2.45) is 5.73 Å². The molecule has 23 heteroatoms. The highest BCUT2D eigenvalue weighted by molar-refractivity contribution is 7.79. The monoisotopic (exact) mass is 731 g/mol. The second-order valence-corrected chi connectivity index (χ2v) is 9.40. The summed E-state index contributed by atoms with van der Waals surface area (Å²) in [6.07, 6.45) is 0. The molecular formula is C27H28F3N7O12S. The number of Topliss-reactive ketones (excluding diaryl/α,β-unsaturated/α-hetero) is 1. The Hall–Kier alpha value is -6.17. The topological polar surface area (TPSA) is 302 Å². The molecule has 0 radical (unpaired) electrons. The summed E-state index contributed by atoms with van der Waals surface area (Å²) in [5, 5.41) is 38.9. The van der Waals surface area contributed by atoms with Gasteiger partial charge in [-0.05, 0) is 60.7 Å². The Labute approximate surface area is 280 Å². The first-order valence-corrected chi connectivity index (χ1v) is 14.0. The molecule has 0 amide bonds. The zero-order chi connectivity index (χ0) is 37.3. The average molecular weight is 732 g/mol. The Bertz CT molecular complexity index is 1930. The Morgan fingerprint density at radius 1 is 0.800 bits per heavy atom. The summed E-state index contributed by atoms with van der Waals surface area (Å²) in [6, 6.07) is 14.6. The zero-order valence-corrected chi connectivity index (χ0v) is 25.7. The normalized spacial score (nSPS) is 9.76. The van der Waals surface area contributed by atoms with E-state index in [1.165, 1.54) is 42.5 Å². The second kappa shape index (κ2) is 20.9. The van der Waals surface area contributed by atoms with Crippen LogP contribution in [0.1, 0.15) is 29.6 Å². The standard InChI is InChI=1S/C9H6FN3O3.C9H7FN2O.C8H8FNO.CH4.HNO3.H2O4S/c1-5-11-12-9(16-5)6-2-3-7(10)8(4-6)13(14)15;1-6-11-12-9(13-6)7-2-4-8(10)5-3-7;9-7-3-1-6(2-4-7)8(11)5-10;;2-1(3)4;1-5(2,3)4/h2-4H,1H3;2-5H,1H3;1-4H,5,10H2;1H4;(H,2,3,4);(H2,1,2,3,4). The van der Waals surface area contributed by atoms with Crippen LogP contribution in [0.5, 0.6) is 0 Å². The minimum absolute atomic E-state index is 0. The van der Waals surface area contributed by atoms with Crippen LogP contribution in [0.15, 0.2) is 75.6 Å². The smallest absolute Gasteiger partial charge is 0.394 e. The molecule has 0 aliphatic heterocycles. The lowest BCUT2D eigenvalue weighted by molar-refractivity contribution is -0.742. The predicted octanol–water partition coefficient (Wildman–Crippen LogP) is 4.88. The molecule has 50 heavy (non-hydrogen) atoms. The molecule has 270 valence electrons. The second-order valence-electron chi connectivity index (χ2n) is 8.50. The van der Waals surface area contributed by atoms with Gasteiger partial charge in [-0.3, -0.25) is 24.0 Å². The van der Waals surface area contributed by atoms with Gasteiger partial charge < -0.3 is 19.8 Å². The van der Waals surface area contributed by atoms with Crippen molar-refractivity contribution in [1.82, 2.24) is 20.4 Å². The van der Waals surface area contributed by atoms with E-state index in [2.05, 4.69) is 20.4 Å². The van der Waals surface area contributed by atoms with E-state index in [-0.39, 0.29) is 37.3 Å². The number of ketones is 1. The molecule has 5 rings (SSSR count). The largest absolute Gasteiger partial charge is 0.421 e. The lowest BCUT2D eigenvalue weighted by Gasteiger charge is -1.96. The highest BCUT2D eigenvalue weighted by atomic mass is 32.3. The molecule has 2 aromatic heterocycles. The van der Waals surface area contributed by atoms with Crippen LogP contribution in [0.25, 0.3) is 22.9 Å². The van der Waals surface area contributed by atoms with Crippen molar-refractivity contribution in [1.29, 1.82) is 0 Å². The summed E-state index contributed by atoms with van der Waals surface area (Å²) in [5.41, 5.74) is 5.97. The van der Waals surface area contributed by atoms with Crippen LogP contribution < -0.4 is 5.73 Å². The van der Waals surface area contributed by atoms with E-state index >= 15 is 0 Å². The van der Waals surface area contributed by atoms with E-state index in [0.717, 1.165) is 17.7 Å². The molecular weight excluding hydrogens is 703 g/mol. The summed E-state index contributed by atoms with van der Waals surface area (Å²) < 4.78 is 79.7. The third kappa shape index (κ3) is 17.7. The number of hydrogen-bond donors (Lipinski definition) is 4. The van der Waals surface area contributed by atoms with Crippen LogP contribution in [0.2, 0.25) is 0 Å². The summed E-state index contributed by atoms with van der Waals surface area (Å²) in [4.78, 5) is 28.9. The number of rotatable bonds is 5. The Morgan fingerprint density at radius 2 is 1.18 bits per heavy atom. The van der Waals surface area contributed by atoms with Gasteiger partial charge in [-0.1, -0.05) is 7.43 Å². The first-order valence-electron chi connectivity index (χ1n) is 12.6. The molecule has 2 heterocycles. The van der Waals surface area contributed by atoms with Crippen molar-refractivity contribution in [2.45, 2.75) is 21.3 Å². The number of carbonyl (C=O) groups excluding carboxylic acids is 1. The molecule has 0 bridgehead atoms. The van der Waals surface area contributed by atoms with Gasteiger partial charge in [-0.2, -0.15) is 12.8 Å². The van der Waals surface area contributed by atoms with Crippen LogP contribution in [0.4, 0.5) is 18.9 Å². The van der Waals surface area contributed by atoms with E-state index < -0.39 is 31.9 Å². The lowest BCUT2D eigenvalue weighted by atomic mass is 10.1. The van der Waals surface area contributed by atoms with Crippen molar-refractivity contribution >= 4 is 21.9 Å².